The summed E-state index contributed by atoms with van der Waals surface area (Å²) < 4.78 is 5.23. The summed E-state index contributed by atoms with van der Waals surface area (Å²) in [5.41, 5.74) is 1.08. The van der Waals surface area contributed by atoms with E-state index in [4.69, 9.17) is 4.74 Å². The fourth-order valence-electron chi connectivity index (χ4n) is 1.31. The Kier molecular flexibility index (Phi) is 3.93. The SMILES string of the molecule is CCC(OC(C)[O])c1ccccc1. The van der Waals surface area contributed by atoms with Crippen molar-refractivity contribution in [2.45, 2.75) is 32.7 Å². The molecule has 0 saturated heterocycles. The highest BCUT2D eigenvalue weighted by molar-refractivity contribution is 5.17. The first-order valence-electron chi connectivity index (χ1n) is 4.60. The molecule has 0 N–H and O–H groups in total. The van der Waals surface area contributed by atoms with Crippen LogP contribution in [-0.2, 0) is 9.84 Å². The number of rotatable bonds is 4. The molecule has 2 unspecified atom stereocenters. The van der Waals surface area contributed by atoms with Crippen molar-refractivity contribution in [1.82, 2.24) is 0 Å². The summed E-state index contributed by atoms with van der Waals surface area (Å²) in [5, 5.41) is 10.8. The summed E-state index contributed by atoms with van der Waals surface area (Å²) in [7, 11) is 0. The Hall–Kier alpha value is -0.860. The molecule has 1 aromatic carbocycles. The summed E-state index contributed by atoms with van der Waals surface area (Å²) in [6, 6.07) is 9.83. The second kappa shape index (κ2) is 5.00. The Morgan fingerprint density at radius 3 is 2.38 bits per heavy atom. The predicted molar refractivity (Wildman–Crippen MR) is 50.7 cm³/mol. The van der Waals surface area contributed by atoms with Crippen molar-refractivity contribution in [3.63, 3.8) is 0 Å². The van der Waals surface area contributed by atoms with Crippen LogP contribution in [0.25, 0.3) is 0 Å². The molecule has 0 aliphatic heterocycles. The Labute approximate surface area is 79.2 Å². The molecule has 13 heavy (non-hydrogen) atoms. The highest BCUT2D eigenvalue weighted by atomic mass is 16.6. The zero-order valence-corrected chi connectivity index (χ0v) is 8.07. The Bertz CT molecular complexity index is 231. The Morgan fingerprint density at radius 2 is 1.92 bits per heavy atom. The van der Waals surface area contributed by atoms with E-state index >= 15 is 0 Å². The van der Waals surface area contributed by atoms with Crippen LogP contribution in [0.5, 0.6) is 0 Å². The minimum Gasteiger partial charge on any atom is -0.342 e. The molecule has 0 fully saturated rings. The lowest BCUT2D eigenvalue weighted by atomic mass is 10.1. The molecular formula is C11H15O2. The summed E-state index contributed by atoms with van der Waals surface area (Å²) in [5.74, 6) is 0. The number of hydrogen-bond acceptors (Lipinski definition) is 1. The van der Waals surface area contributed by atoms with Gasteiger partial charge < -0.3 is 4.74 Å². The van der Waals surface area contributed by atoms with E-state index in [-0.39, 0.29) is 6.10 Å². The van der Waals surface area contributed by atoms with Crippen molar-refractivity contribution in [2.75, 3.05) is 0 Å². The molecule has 71 valence electrons. The minimum absolute atomic E-state index is 0.0614. The predicted octanol–water partition coefficient (Wildman–Crippen LogP) is 2.93. The molecular weight excluding hydrogens is 164 g/mol. The van der Waals surface area contributed by atoms with Crippen molar-refractivity contribution in [2.24, 2.45) is 0 Å². The van der Waals surface area contributed by atoms with Gasteiger partial charge in [0, 0.05) is 0 Å². The highest BCUT2D eigenvalue weighted by Gasteiger charge is 2.11. The smallest absolute Gasteiger partial charge is 0.189 e. The van der Waals surface area contributed by atoms with E-state index in [0.29, 0.717) is 0 Å². The molecule has 0 spiro atoms. The van der Waals surface area contributed by atoms with Crippen LogP contribution in [0, 0.1) is 0 Å². The van der Waals surface area contributed by atoms with Crippen molar-refractivity contribution in [3.8, 4) is 0 Å². The number of benzene rings is 1. The zero-order valence-electron chi connectivity index (χ0n) is 8.07. The fourth-order valence-corrected chi connectivity index (χ4v) is 1.31. The van der Waals surface area contributed by atoms with Crippen molar-refractivity contribution in [3.05, 3.63) is 35.9 Å². The van der Waals surface area contributed by atoms with E-state index in [9.17, 15) is 5.11 Å². The van der Waals surface area contributed by atoms with Crippen molar-refractivity contribution < 1.29 is 9.84 Å². The van der Waals surface area contributed by atoms with E-state index in [1.807, 2.05) is 37.3 Å². The topological polar surface area (TPSA) is 29.1 Å². The van der Waals surface area contributed by atoms with Gasteiger partial charge in [0.2, 0.25) is 0 Å². The summed E-state index contributed by atoms with van der Waals surface area (Å²) in [6.45, 7) is 3.53. The lowest BCUT2D eigenvalue weighted by Crippen LogP contribution is -2.10. The molecule has 0 aromatic heterocycles. The van der Waals surface area contributed by atoms with Crippen LogP contribution in [-0.4, -0.2) is 6.29 Å². The quantitative estimate of drug-likeness (QED) is 0.653. The Balaban J connectivity index is 2.67. The molecule has 2 nitrogen and oxygen atoms in total. The maximum atomic E-state index is 10.8. The minimum atomic E-state index is -0.954. The fraction of sp³-hybridized carbons (Fsp3) is 0.455. The maximum Gasteiger partial charge on any atom is 0.189 e. The van der Waals surface area contributed by atoms with Gasteiger partial charge in [-0.1, -0.05) is 37.3 Å². The molecule has 1 aromatic rings. The lowest BCUT2D eigenvalue weighted by molar-refractivity contribution is -0.161. The van der Waals surface area contributed by atoms with Gasteiger partial charge >= 0.3 is 0 Å². The first-order valence-corrected chi connectivity index (χ1v) is 4.60. The largest absolute Gasteiger partial charge is 0.342 e. The van der Waals surface area contributed by atoms with Crippen LogP contribution in [0.1, 0.15) is 31.9 Å². The van der Waals surface area contributed by atoms with Crippen LogP contribution < -0.4 is 0 Å². The van der Waals surface area contributed by atoms with Crippen LogP contribution in [0.3, 0.4) is 0 Å². The van der Waals surface area contributed by atoms with Gasteiger partial charge in [0.25, 0.3) is 0 Å². The summed E-state index contributed by atoms with van der Waals surface area (Å²) in [6.07, 6.45) is -0.185. The van der Waals surface area contributed by atoms with Crippen LogP contribution in [0.4, 0.5) is 0 Å². The van der Waals surface area contributed by atoms with Gasteiger partial charge in [-0.3, -0.25) is 0 Å². The average molecular weight is 179 g/mol. The van der Waals surface area contributed by atoms with E-state index in [1.54, 1.807) is 0 Å². The lowest BCUT2D eigenvalue weighted by Gasteiger charge is -2.17. The third-order valence-corrected chi connectivity index (χ3v) is 1.90. The Morgan fingerprint density at radius 1 is 1.31 bits per heavy atom. The van der Waals surface area contributed by atoms with Crippen molar-refractivity contribution in [1.29, 1.82) is 0 Å². The van der Waals surface area contributed by atoms with E-state index in [1.165, 1.54) is 6.92 Å². The second-order valence-corrected chi connectivity index (χ2v) is 3.01. The van der Waals surface area contributed by atoms with Gasteiger partial charge in [0.15, 0.2) is 6.29 Å². The van der Waals surface area contributed by atoms with E-state index < -0.39 is 6.29 Å². The summed E-state index contributed by atoms with van der Waals surface area (Å²) >= 11 is 0. The maximum absolute atomic E-state index is 10.8. The molecule has 0 saturated carbocycles. The molecule has 2 heteroatoms. The normalized spacial score (nSPS) is 15.3. The van der Waals surface area contributed by atoms with Crippen LogP contribution >= 0.6 is 0 Å². The molecule has 0 amide bonds. The number of ether oxygens (including phenoxy) is 1. The third kappa shape index (κ3) is 3.17. The molecule has 1 radical (unpaired) electrons. The van der Waals surface area contributed by atoms with Gasteiger partial charge in [0.1, 0.15) is 0 Å². The van der Waals surface area contributed by atoms with Crippen LogP contribution in [0.2, 0.25) is 0 Å². The van der Waals surface area contributed by atoms with Gasteiger partial charge in [-0.25, -0.2) is 5.11 Å². The molecule has 0 heterocycles. The molecule has 1 rings (SSSR count). The molecule has 2 atom stereocenters. The molecule has 0 aliphatic rings. The monoisotopic (exact) mass is 179 g/mol. The highest BCUT2D eigenvalue weighted by Crippen LogP contribution is 2.21. The zero-order chi connectivity index (χ0) is 9.68. The molecule has 0 aliphatic carbocycles. The van der Waals surface area contributed by atoms with E-state index in [2.05, 4.69) is 0 Å². The van der Waals surface area contributed by atoms with E-state index in [0.717, 1.165) is 12.0 Å². The van der Waals surface area contributed by atoms with Gasteiger partial charge in [-0.05, 0) is 18.9 Å². The van der Waals surface area contributed by atoms with Gasteiger partial charge in [-0.15, -0.1) is 0 Å². The van der Waals surface area contributed by atoms with Gasteiger partial charge in [0.05, 0.1) is 6.10 Å². The third-order valence-electron chi connectivity index (χ3n) is 1.90. The summed E-state index contributed by atoms with van der Waals surface area (Å²) in [4.78, 5) is 0. The molecule has 0 bridgehead atoms. The van der Waals surface area contributed by atoms with Crippen LogP contribution in [0.15, 0.2) is 30.3 Å². The standard InChI is InChI=1S/C11H15O2/c1-3-11(13-9(2)12)10-7-5-4-6-8-10/h4-9,11H,3H2,1-2H3. The first-order chi connectivity index (χ1) is 6.24. The first kappa shape index (κ1) is 10.2. The average Bonchev–Trinajstić information content (AvgIpc) is 2.15. The van der Waals surface area contributed by atoms with Gasteiger partial charge in [-0.2, -0.15) is 0 Å². The number of hydrogen-bond donors (Lipinski definition) is 0. The van der Waals surface area contributed by atoms with Crippen molar-refractivity contribution >= 4 is 0 Å². The second-order valence-electron chi connectivity index (χ2n) is 3.01.